The van der Waals surface area contributed by atoms with Crippen LogP contribution in [0.2, 0.25) is 5.02 Å². The number of aliphatic hydroxyl groups excluding tert-OH is 1. The van der Waals surface area contributed by atoms with Crippen LogP contribution in [0.4, 0.5) is 5.69 Å². The van der Waals surface area contributed by atoms with Gasteiger partial charge in [-0.05, 0) is 111 Å². The summed E-state index contributed by atoms with van der Waals surface area (Å²) in [6.45, 7) is 8.32. The van der Waals surface area contributed by atoms with Crippen LogP contribution in [-0.2, 0) is 26.6 Å². The summed E-state index contributed by atoms with van der Waals surface area (Å²) in [6, 6.07) is 11.5. The fourth-order valence-electron chi connectivity index (χ4n) is 8.86. The molecule has 47 heavy (non-hydrogen) atoms. The first-order valence-corrected chi connectivity index (χ1v) is 19.3. The predicted molar refractivity (Wildman–Crippen MR) is 183 cm³/mol. The summed E-state index contributed by atoms with van der Waals surface area (Å²) in [4.78, 5) is 18.3. The van der Waals surface area contributed by atoms with Gasteiger partial charge in [-0.3, -0.25) is 9.69 Å². The van der Waals surface area contributed by atoms with Crippen molar-refractivity contribution in [3.63, 3.8) is 0 Å². The number of carbonyl (C=O) groups is 1. The number of sulfonamides is 1. The van der Waals surface area contributed by atoms with Gasteiger partial charge in [0.05, 0.1) is 36.9 Å². The third-order valence-corrected chi connectivity index (χ3v) is 14.1. The van der Waals surface area contributed by atoms with Gasteiger partial charge in [-0.15, -0.1) is 0 Å². The Morgan fingerprint density at radius 1 is 1.06 bits per heavy atom. The summed E-state index contributed by atoms with van der Waals surface area (Å²) in [5.41, 5.74) is 3.34. The number of rotatable bonds is 1. The number of benzene rings is 2. The third-order valence-electron chi connectivity index (χ3n) is 12.0. The Morgan fingerprint density at radius 3 is 2.64 bits per heavy atom. The molecule has 7 rings (SSSR count). The van der Waals surface area contributed by atoms with Crippen molar-refractivity contribution in [3.05, 3.63) is 58.1 Å². The predicted octanol–water partition coefficient (Wildman–Crippen LogP) is 4.78. The van der Waals surface area contributed by atoms with Crippen molar-refractivity contribution >= 4 is 33.2 Å². The molecule has 2 bridgehead atoms. The van der Waals surface area contributed by atoms with Crippen molar-refractivity contribution in [1.29, 1.82) is 0 Å². The normalized spacial score (nSPS) is 34.6. The lowest BCUT2D eigenvalue weighted by atomic mass is 9.67. The van der Waals surface area contributed by atoms with E-state index < -0.39 is 27.3 Å². The second kappa shape index (κ2) is 13.2. The summed E-state index contributed by atoms with van der Waals surface area (Å²) in [7, 11) is -3.97. The monoisotopic (exact) mass is 685 g/mol. The van der Waals surface area contributed by atoms with E-state index in [2.05, 4.69) is 26.7 Å². The first-order chi connectivity index (χ1) is 22.5. The minimum atomic E-state index is -3.97. The molecule has 1 saturated carbocycles. The summed E-state index contributed by atoms with van der Waals surface area (Å²) in [5, 5.41) is 11.8. The molecule has 256 valence electrons. The highest BCUT2D eigenvalue weighted by molar-refractivity contribution is 7.90. The zero-order valence-corrected chi connectivity index (χ0v) is 29.1. The molecular weight excluding hydrogens is 638 g/mol. The van der Waals surface area contributed by atoms with Crippen molar-refractivity contribution in [1.82, 2.24) is 9.62 Å². The Hall–Kier alpha value is -2.37. The van der Waals surface area contributed by atoms with Crippen molar-refractivity contribution in [2.45, 2.75) is 81.6 Å². The lowest BCUT2D eigenvalue weighted by Crippen LogP contribution is -2.51. The van der Waals surface area contributed by atoms with Gasteiger partial charge in [-0.25, -0.2) is 13.1 Å². The lowest BCUT2D eigenvalue weighted by Gasteiger charge is -2.47. The fraction of sp³-hybridized carbons (Fsp3) is 0.639. The molecule has 7 atom stereocenters. The van der Waals surface area contributed by atoms with E-state index in [1.807, 2.05) is 19.1 Å². The minimum Gasteiger partial charge on any atom is -0.490 e. The van der Waals surface area contributed by atoms with Gasteiger partial charge in [-0.2, -0.15) is 0 Å². The van der Waals surface area contributed by atoms with Gasteiger partial charge in [0.25, 0.3) is 5.91 Å². The molecule has 0 aromatic heterocycles. The minimum absolute atomic E-state index is 0.0196. The molecule has 9 nitrogen and oxygen atoms in total. The average molecular weight is 686 g/mol. The molecule has 1 amide bonds. The van der Waals surface area contributed by atoms with E-state index in [0.29, 0.717) is 45.0 Å². The number of morpholine rings is 1. The van der Waals surface area contributed by atoms with Crippen molar-refractivity contribution in [2.24, 2.45) is 17.8 Å². The molecule has 2 aromatic rings. The average Bonchev–Trinajstić information content (AvgIpc) is 3.18. The van der Waals surface area contributed by atoms with Gasteiger partial charge in [0.1, 0.15) is 5.75 Å². The number of hydrogen-bond acceptors (Lipinski definition) is 8. The number of amides is 1. The molecule has 2 aliphatic carbocycles. The van der Waals surface area contributed by atoms with Crippen LogP contribution in [-0.4, -0.2) is 87.7 Å². The lowest BCUT2D eigenvalue weighted by molar-refractivity contribution is -0.0324. The number of carbonyl (C=O) groups excluding carboxylic acids is 1. The Bertz CT molecular complexity index is 1600. The maximum atomic E-state index is 13.6. The summed E-state index contributed by atoms with van der Waals surface area (Å²) >= 11 is 6.43. The molecule has 3 heterocycles. The Balaban J connectivity index is 1.27. The molecular formula is C36H48ClN3O6S. The topological polar surface area (TPSA) is 108 Å². The number of nitrogens with one attached hydrogen (secondary N) is 1. The number of hydrogen-bond donors (Lipinski definition) is 2. The van der Waals surface area contributed by atoms with Gasteiger partial charge in [0.2, 0.25) is 10.0 Å². The third kappa shape index (κ3) is 6.53. The van der Waals surface area contributed by atoms with Crippen molar-refractivity contribution in [3.8, 4) is 5.75 Å². The zero-order valence-electron chi connectivity index (χ0n) is 27.5. The Labute approximate surface area is 284 Å². The Morgan fingerprint density at radius 2 is 1.87 bits per heavy atom. The van der Waals surface area contributed by atoms with Crippen LogP contribution in [0.15, 0.2) is 36.4 Å². The van der Waals surface area contributed by atoms with Gasteiger partial charge in [0.15, 0.2) is 0 Å². The number of nitrogens with zero attached hydrogens (tertiary/aromatic N) is 2. The molecule has 5 aliphatic rings. The molecule has 1 spiro atoms. The molecule has 0 radical (unpaired) electrons. The molecule has 2 N–H and O–H groups in total. The van der Waals surface area contributed by atoms with E-state index >= 15 is 0 Å². The van der Waals surface area contributed by atoms with E-state index in [-0.39, 0.29) is 34.8 Å². The molecule has 2 aromatic carbocycles. The van der Waals surface area contributed by atoms with Crippen molar-refractivity contribution < 1.29 is 27.8 Å². The van der Waals surface area contributed by atoms with Crippen LogP contribution < -0.4 is 14.4 Å². The largest absolute Gasteiger partial charge is 0.490 e. The summed E-state index contributed by atoms with van der Waals surface area (Å²) in [5.74, 6) is 0.265. The first-order valence-electron chi connectivity index (χ1n) is 17.4. The van der Waals surface area contributed by atoms with Crippen LogP contribution in [0.25, 0.3) is 0 Å². The number of anilines is 1. The molecule has 2 fully saturated rings. The van der Waals surface area contributed by atoms with Gasteiger partial charge < -0.3 is 19.5 Å². The number of halogens is 1. The van der Waals surface area contributed by atoms with Gasteiger partial charge >= 0.3 is 0 Å². The van der Waals surface area contributed by atoms with E-state index in [1.165, 1.54) is 11.1 Å². The quantitative estimate of drug-likeness (QED) is 0.442. The van der Waals surface area contributed by atoms with Crippen LogP contribution in [0.1, 0.15) is 73.9 Å². The van der Waals surface area contributed by atoms with E-state index in [9.17, 15) is 18.3 Å². The van der Waals surface area contributed by atoms with Gasteiger partial charge in [-0.1, -0.05) is 24.6 Å². The van der Waals surface area contributed by atoms with Crippen LogP contribution in [0, 0.1) is 17.8 Å². The highest BCUT2D eigenvalue weighted by Crippen LogP contribution is 2.47. The molecule has 3 aliphatic heterocycles. The molecule has 0 unspecified atom stereocenters. The van der Waals surface area contributed by atoms with E-state index in [4.69, 9.17) is 21.1 Å². The number of aliphatic hydroxyl groups is 1. The van der Waals surface area contributed by atoms with Crippen LogP contribution >= 0.6 is 11.6 Å². The van der Waals surface area contributed by atoms with Crippen LogP contribution in [0.3, 0.4) is 0 Å². The SMILES string of the molecule is C[C@@H]1[C@@H](C)C[C@@H](N2CCOCC2)C[C@@H](O)[C@@H]2CC[C@H]2CN2C[C@@]3(CCCc4cc(Cl)ccc43)COc3ccc(cc32)C(=O)NS1(=O)=O. The zero-order chi connectivity index (χ0) is 32.9. The number of fused-ring (bicyclic) bond motifs is 4. The highest BCUT2D eigenvalue weighted by atomic mass is 35.5. The number of ether oxygens (including phenoxy) is 2. The van der Waals surface area contributed by atoms with Crippen molar-refractivity contribution in [2.75, 3.05) is 50.9 Å². The second-order valence-electron chi connectivity index (χ2n) is 14.8. The smallest absolute Gasteiger partial charge is 0.264 e. The highest BCUT2D eigenvalue weighted by Gasteiger charge is 2.45. The Kier molecular flexibility index (Phi) is 9.28. The molecule has 11 heteroatoms. The van der Waals surface area contributed by atoms with E-state index in [1.54, 1.807) is 19.1 Å². The van der Waals surface area contributed by atoms with Gasteiger partial charge in [0, 0.05) is 48.2 Å². The molecule has 1 saturated heterocycles. The standard InChI is InChI=1S/C36H48ClN3O6S/c1-23-16-29(39-12-14-45-15-13-39)19-33(41)30-8-5-27(30)20-40-21-36(11-3-4-25-17-28(37)7-9-31(25)36)22-46-34-10-6-26(18-32(34)40)35(42)38-47(43,44)24(23)2/h6-7,9-10,17-18,23-24,27,29-30,33,41H,3-5,8,11-16,19-22H2,1-2H3,(H,38,42)/t23-,24+,27-,29+,30+,33+,36-/m0/s1. The fourth-order valence-corrected chi connectivity index (χ4v) is 10.3. The maximum Gasteiger partial charge on any atom is 0.264 e. The summed E-state index contributed by atoms with van der Waals surface area (Å²) in [6.07, 6.45) is 5.67. The summed E-state index contributed by atoms with van der Waals surface area (Å²) < 4.78 is 41.8. The van der Waals surface area contributed by atoms with Crippen LogP contribution in [0.5, 0.6) is 5.75 Å². The maximum absolute atomic E-state index is 13.6. The number of aryl methyl sites for hydroxylation is 1. The first kappa shape index (κ1) is 33.1. The second-order valence-corrected chi connectivity index (χ2v) is 17.3. The van der Waals surface area contributed by atoms with E-state index in [0.717, 1.165) is 62.4 Å².